The van der Waals surface area contributed by atoms with Crippen molar-refractivity contribution in [3.63, 3.8) is 0 Å². The van der Waals surface area contributed by atoms with Crippen LogP contribution in [0.2, 0.25) is 5.02 Å². The Morgan fingerprint density at radius 3 is 2.55 bits per heavy atom. The van der Waals surface area contributed by atoms with E-state index in [1.165, 1.54) is 0 Å². The lowest BCUT2D eigenvalue weighted by molar-refractivity contribution is 0.0827. The Bertz CT molecular complexity index is 979. The molecule has 1 fully saturated rings. The van der Waals surface area contributed by atoms with Crippen LogP contribution in [0.3, 0.4) is 0 Å². The van der Waals surface area contributed by atoms with Crippen LogP contribution in [0, 0.1) is 5.92 Å². The molecule has 2 aromatic carbocycles. The molecule has 0 saturated carbocycles. The third-order valence-electron chi connectivity index (χ3n) is 5.26. The highest BCUT2D eigenvalue weighted by Crippen LogP contribution is 2.27. The molecule has 3 aromatic rings. The van der Waals surface area contributed by atoms with E-state index in [1.54, 1.807) is 13.2 Å². The highest BCUT2D eigenvalue weighted by atomic mass is 35.5. The molecule has 0 bridgehead atoms. The zero-order valence-electron chi connectivity index (χ0n) is 16.2. The van der Waals surface area contributed by atoms with E-state index in [2.05, 4.69) is 15.1 Å². The van der Waals surface area contributed by atoms with Crippen LogP contribution in [-0.4, -0.2) is 41.1 Å². The first kappa shape index (κ1) is 19.6. The molecule has 1 aliphatic heterocycles. The molecule has 1 aliphatic rings. The average Bonchev–Trinajstić information content (AvgIpc) is 3.22. The van der Waals surface area contributed by atoms with Crippen molar-refractivity contribution in [3.05, 3.63) is 65.0 Å². The van der Waals surface area contributed by atoms with E-state index in [0.29, 0.717) is 23.3 Å². The van der Waals surface area contributed by atoms with Gasteiger partial charge in [0.2, 0.25) is 11.8 Å². The SMILES string of the molecule is COc1ccc(C(=O)C2CCN(Cc3nnc(-c4ccccc4Cl)o3)CC2)cc1. The fraction of sp³-hybridized carbons (Fsp3) is 0.318. The van der Waals surface area contributed by atoms with Crippen LogP contribution in [-0.2, 0) is 6.54 Å². The molecular weight excluding hydrogens is 390 g/mol. The van der Waals surface area contributed by atoms with E-state index in [9.17, 15) is 4.79 Å². The summed E-state index contributed by atoms with van der Waals surface area (Å²) in [5.41, 5.74) is 1.47. The second-order valence-electron chi connectivity index (χ2n) is 7.12. The second-order valence-corrected chi connectivity index (χ2v) is 7.53. The number of nitrogens with zero attached hydrogens (tertiary/aromatic N) is 3. The monoisotopic (exact) mass is 411 g/mol. The minimum absolute atomic E-state index is 0.0426. The third-order valence-corrected chi connectivity index (χ3v) is 5.59. The van der Waals surface area contributed by atoms with Crippen molar-refractivity contribution in [1.82, 2.24) is 15.1 Å². The summed E-state index contributed by atoms with van der Waals surface area (Å²) in [4.78, 5) is 15.0. The number of rotatable bonds is 6. The first-order chi connectivity index (χ1) is 14.1. The summed E-state index contributed by atoms with van der Waals surface area (Å²) in [6.07, 6.45) is 1.63. The number of benzene rings is 2. The maximum absolute atomic E-state index is 12.7. The Morgan fingerprint density at radius 2 is 1.86 bits per heavy atom. The molecule has 0 radical (unpaired) electrons. The maximum atomic E-state index is 12.7. The number of Topliss-reactive ketones (excluding diaryl/α,β-unsaturated/α-hetero) is 1. The van der Waals surface area contributed by atoms with E-state index >= 15 is 0 Å². The van der Waals surface area contributed by atoms with Crippen LogP contribution in [0.25, 0.3) is 11.5 Å². The molecular formula is C22H22ClN3O3. The standard InChI is InChI=1S/C22H22ClN3O3/c1-28-17-8-6-15(7-9-17)21(27)16-10-12-26(13-11-16)14-20-24-25-22(29-20)18-4-2-3-5-19(18)23/h2-9,16H,10-14H2,1H3. The number of carbonyl (C=O) groups is 1. The molecule has 0 atom stereocenters. The minimum Gasteiger partial charge on any atom is -0.497 e. The highest BCUT2D eigenvalue weighted by molar-refractivity contribution is 6.33. The lowest BCUT2D eigenvalue weighted by Crippen LogP contribution is -2.36. The summed E-state index contributed by atoms with van der Waals surface area (Å²) >= 11 is 6.20. The van der Waals surface area contributed by atoms with Crippen LogP contribution in [0.5, 0.6) is 5.75 Å². The van der Waals surface area contributed by atoms with Crippen molar-refractivity contribution in [2.24, 2.45) is 5.92 Å². The highest BCUT2D eigenvalue weighted by Gasteiger charge is 2.26. The average molecular weight is 412 g/mol. The lowest BCUT2D eigenvalue weighted by Gasteiger charge is -2.30. The number of likely N-dealkylation sites (tertiary alicyclic amines) is 1. The van der Waals surface area contributed by atoms with Crippen molar-refractivity contribution >= 4 is 17.4 Å². The fourth-order valence-electron chi connectivity index (χ4n) is 3.60. The van der Waals surface area contributed by atoms with Gasteiger partial charge in [0.25, 0.3) is 0 Å². The molecule has 0 amide bonds. The van der Waals surface area contributed by atoms with Gasteiger partial charge in [-0.2, -0.15) is 0 Å². The predicted molar refractivity (Wildman–Crippen MR) is 110 cm³/mol. The quantitative estimate of drug-likeness (QED) is 0.556. The number of halogens is 1. The van der Waals surface area contributed by atoms with Gasteiger partial charge in [-0.1, -0.05) is 23.7 Å². The smallest absolute Gasteiger partial charge is 0.249 e. The number of hydrogen-bond acceptors (Lipinski definition) is 6. The van der Waals surface area contributed by atoms with Crippen molar-refractivity contribution < 1.29 is 13.9 Å². The minimum atomic E-state index is 0.0426. The molecule has 6 nitrogen and oxygen atoms in total. The summed E-state index contributed by atoms with van der Waals surface area (Å²) in [6, 6.07) is 14.7. The van der Waals surface area contributed by atoms with Gasteiger partial charge in [0.15, 0.2) is 5.78 Å². The number of ketones is 1. The Kier molecular flexibility index (Phi) is 5.92. The Balaban J connectivity index is 1.33. The zero-order valence-corrected chi connectivity index (χ0v) is 16.9. The lowest BCUT2D eigenvalue weighted by atomic mass is 9.89. The summed E-state index contributed by atoms with van der Waals surface area (Å²) in [5.74, 6) is 1.98. The summed E-state index contributed by atoms with van der Waals surface area (Å²) in [6.45, 7) is 2.20. The van der Waals surface area contributed by atoms with Crippen molar-refractivity contribution in [1.29, 1.82) is 0 Å². The molecule has 0 aliphatic carbocycles. The molecule has 7 heteroatoms. The first-order valence-electron chi connectivity index (χ1n) is 9.62. The van der Waals surface area contributed by atoms with Crippen LogP contribution in [0.15, 0.2) is 52.9 Å². The van der Waals surface area contributed by atoms with Crippen molar-refractivity contribution in [2.45, 2.75) is 19.4 Å². The topological polar surface area (TPSA) is 68.5 Å². The van der Waals surface area contributed by atoms with Gasteiger partial charge in [-0.25, -0.2) is 0 Å². The normalized spacial score (nSPS) is 15.4. The number of carbonyl (C=O) groups excluding carboxylic acids is 1. The molecule has 1 aromatic heterocycles. The largest absolute Gasteiger partial charge is 0.497 e. The van der Waals surface area contributed by atoms with Gasteiger partial charge in [-0.3, -0.25) is 9.69 Å². The van der Waals surface area contributed by atoms with Crippen LogP contribution >= 0.6 is 11.6 Å². The Labute approximate surface area is 174 Å². The Morgan fingerprint density at radius 1 is 1.14 bits per heavy atom. The number of methoxy groups -OCH3 is 1. The molecule has 4 rings (SSSR count). The number of ether oxygens (including phenoxy) is 1. The van der Waals surface area contributed by atoms with Gasteiger partial charge in [0.05, 0.1) is 24.2 Å². The molecule has 29 heavy (non-hydrogen) atoms. The predicted octanol–water partition coefficient (Wildman–Crippen LogP) is 4.49. The third kappa shape index (κ3) is 4.49. The van der Waals surface area contributed by atoms with E-state index in [4.69, 9.17) is 20.8 Å². The molecule has 150 valence electrons. The van der Waals surface area contributed by atoms with E-state index in [1.807, 2.05) is 42.5 Å². The molecule has 0 spiro atoms. The number of aromatic nitrogens is 2. The molecule has 1 saturated heterocycles. The van der Waals surface area contributed by atoms with E-state index in [0.717, 1.165) is 42.8 Å². The summed E-state index contributed by atoms with van der Waals surface area (Å²) < 4.78 is 10.9. The molecule has 0 N–H and O–H groups in total. The van der Waals surface area contributed by atoms with Crippen LogP contribution in [0.4, 0.5) is 0 Å². The van der Waals surface area contributed by atoms with Gasteiger partial charge in [-0.15, -0.1) is 10.2 Å². The first-order valence-corrected chi connectivity index (χ1v) is 10.00. The van der Waals surface area contributed by atoms with E-state index < -0.39 is 0 Å². The molecule has 0 unspecified atom stereocenters. The van der Waals surface area contributed by atoms with Gasteiger partial charge in [0, 0.05) is 11.5 Å². The second kappa shape index (κ2) is 8.76. The summed E-state index contributed by atoms with van der Waals surface area (Å²) in [5, 5.41) is 8.85. The maximum Gasteiger partial charge on any atom is 0.249 e. The van der Waals surface area contributed by atoms with Gasteiger partial charge in [-0.05, 0) is 62.3 Å². The van der Waals surface area contributed by atoms with Gasteiger partial charge in [0.1, 0.15) is 5.75 Å². The number of piperidine rings is 1. The van der Waals surface area contributed by atoms with Gasteiger partial charge < -0.3 is 9.15 Å². The van der Waals surface area contributed by atoms with Crippen LogP contribution in [0.1, 0.15) is 29.1 Å². The van der Waals surface area contributed by atoms with E-state index in [-0.39, 0.29) is 11.7 Å². The number of hydrogen-bond donors (Lipinski definition) is 0. The van der Waals surface area contributed by atoms with Gasteiger partial charge >= 0.3 is 0 Å². The van der Waals surface area contributed by atoms with Crippen molar-refractivity contribution in [3.8, 4) is 17.2 Å². The summed E-state index contributed by atoms with van der Waals surface area (Å²) in [7, 11) is 1.62. The fourth-order valence-corrected chi connectivity index (χ4v) is 3.81. The van der Waals surface area contributed by atoms with Crippen molar-refractivity contribution in [2.75, 3.05) is 20.2 Å². The Hall–Kier alpha value is -2.70. The molecule has 2 heterocycles. The van der Waals surface area contributed by atoms with Crippen LogP contribution < -0.4 is 4.74 Å². The zero-order chi connectivity index (χ0) is 20.2.